The topological polar surface area (TPSA) is 24.5 Å². The minimum Gasteiger partial charge on any atom is -0.375 e. The van der Waals surface area contributed by atoms with E-state index < -0.39 is 0 Å². The molecule has 1 saturated heterocycles. The Morgan fingerprint density at radius 2 is 2.19 bits per heavy atom. The quantitative estimate of drug-likeness (QED) is 0.721. The number of ether oxygens (including phenoxy) is 1. The van der Waals surface area contributed by atoms with Crippen molar-refractivity contribution in [1.29, 1.82) is 0 Å². The molecule has 1 aliphatic heterocycles. The average Bonchev–Trinajstić information content (AvgIpc) is 2.22. The molecule has 1 N–H and O–H groups in total. The molecule has 0 aromatic rings. The smallest absolute Gasteiger partial charge is 0.0697 e. The highest BCUT2D eigenvalue weighted by Gasteiger charge is 2.42. The number of hydrogen-bond donors (Lipinski definition) is 1. The van der Waals surface area contributed by atoms with Gasteiger partial charge in [0.1, 0.15) is 0 Å². The summed E-state index contributed by atoms with van der Waals surface area (Å²) in [6, 6.07) is 0.705. The summed E-state index contributed by atoms with van der Waals surface area (Å²) in [6.45, 7) is 3.30. The summed E-state index contributed by atoms with van der Waals surface area (Å²) >= 11 is 0. The van der Waals surface area contributed by atoms with Crippen LogP contribution in [0.25, 0.3) is 0 Å². The van der Waals surface area contributed by atoms with E-state index in [1.807, 2.05) is 0 Å². The number of rotatable bonds is 5. The zero-order valence-electron chi connectivity index (χ0n) is 10.8. The van der Waals surface area contributed by atoms with Crippen LogP contribution in [0.3, 0.4) is 0 Å². The Balaban J connectivity index is 1.62. The third-order valence-corrected chi connectivity index (χ3v) is 3.97. The molecular weight excluding hydrogens is 200 g/mol. The average molecular weight is 226 g/mol. The van der Waals surface area contributed by atoms with Crippen LogP contribution in [-0.4, -0.2) is 50.3 Å². The number of nitrogens with zero attached hydrogens (tertiary/aromatic N) is 1. The molecule has 2 rings (SSSR count). The van der Waals surface area contributed by atoms with E-state index >= 15 is 0 Å². The summed E-state index contributed by atoms with van der Waals surface area (Å²) in [5, 5.41) is 3.69. The van der Waals surface area contributed by atoms with Gasteiger partial charge in [-0.1, -0.05) is 0 Å². The Bertz CT molecular complexity index is 214. The highest BCUT2D eigenvalue weighted by Crippen LogP contribution is 2.42. The molecule has 2 fully saturated rings. The van der Waals surface area contributed by atoms with Crippen molar-refractivity contribution in [2.45, 2.75) is 50.2 Å². The Morgan fingerprint density at radius 1 is 1.38 bits per heavy atom. The van der Waals surface area contributed by atoms with Gasteiger partial charge in [0.25, 0.3) is 0 Å². The summed E-state index contributed by atoms with van der Waals surface area (Å²) in [6.07, 6.45) is 7.65. The van der Waals surface area contributed by atoms with Gasteiger partial charge in [0, 0.05) is 12.6 Å². The second-order valence-corrected chi connectivity index (χ2v) is 5.69. The van der Waals surface area contributed by atoms with Gasteiger partial charge >= 0.3 is 0 Å². The van der Waals surface area contributed by atoms with Gasteiger partial charge in [0.15, 0.2) is 0 Å². The molecule has 1 unspecified atom stereocenters. The molecule has 1 heterocycles. The number of hydrogen-bond acceptors (Lipinski definition) is 3. The molecule has 0 radical (unpaired) electrons. The van der Waals surface area contributed by atoms with Gasteiger partial charge in [-0.25, -0.2) is 0 Å². The fourth-order valence-corrected chi connectivity index (χ4v) is 2.82. The van der Waals surface area contributed by atoms with Crippen molar-refractivity contribution in [3.05, 3.63) is 0 Å². The van der Waals surface area contributed by atoms with Crippen LogP contribution < -0.4 is 5.32 Å². The summed E-state index contributed by atoms with van der Waals surface area (Å²) < 4.78 is 5.93. The molecule has 0 aromatic heterocycles. The summed E-state index contributed by atoms with van der Waals surface area (Å²) in [7, 11) is 4.27. The van der Waals surface area contributed by atoms with Crippen LogP contribution in [0.2, 0.25) is 0 Å². The minimum atomic E-state index is 0.289. The molecule has 2 aliphatic rings. The first kappa shape index (κ1) is 12.3. The van der Waals surface area contributed by atoms with Crippen molar-refractivity contribution in [3.63, 3.8) is 0 Å². The predicted molar refractivity (Wildman–Crippen MR) is 66.7 cm³/mol. The van der Waals surface area contributed by atoms with Gasteiger partial charge in [-0.05, 0) is 65.7 Å². The summed E-state index contributed by atoms with van der Waals surface area (Å²) in [5.74, 6) is 0. The first-order valence-electron chi connectivity index (χ1n) is 6.72. The molecule has 0 amide bonds. The molecule has 1 aliphatic carbocycles. The lowest BCUT2D eigenvalue weighted by atomic mass is 9.74. The van der Waals surface area contributed by atoms with Crippen LogP contribution in [0, 0.1) is 0 Å². The van der Waals surface area contributed by atoms with Gasteiger partial charge < -0.3 is 15.0 Å². The van der Waals surface area contributed by atoms with E-state index in [1.54, 1.807) is 0 Å². The highest BCUT2D eigenvalue weighted by atomic mass is 16.5. The van der Waals surface area contributed by atoms with Crippen molar-refractivity contribution >= 4 is 0 Å². The van der Waals surface area contributed by atoms with Gasteiger partial charge in [-0.2, -0.15) is 0 Å². The van der Waals surface area contributed by atoms with E-state index in [-0.39, 0.29) is 5.60 Å². The maximum absolute atomic E-state index is 5.93. The zero-order valence-corrected chi connectivity index (χ0v) is 10.8. The summed E-state index contributed by atoms with van der Waals surface area (Å²) in [4.78, 5) is 2.25. The zero-order chi connectivity index (χ0) is 11.4. The monoisotopic (exact) mass is 226 g/mol. The van der Waals surface area contributed by atoms with E-state index in [1.165, 1.54) is 45.1 Å². The van der Waals surface area contributed by atoms with E-state index in [0.29, 0.717) is 6.04 Å². The lowest BCUT2D eigenvalue weighted by Crippen LogP contribution is -2.51. The Hall–Kier alpha value is -0.120. The van der Waals surface area contributed by atoms with Gasteiger partial charge in [-0.3, -0.25) is 0 Å². The lowest BCUT2D eigenvalue weighted by Gasteiger charge is -2.47. The van der Waals surface area contributed by atoms with Gasteiger partial charge in [0.2, 0.25) is 0 Å². The van der Waals surface area contributed by atoms with Gasteiger partial charge in [0.05, 0.1) is 5.60 Å². The Labute approximate surface area is 99.5 Å². The molecule has 16 heavy (non-hydrogen) atoms. The van der Waals surface area contributed by atoms with Crippen molar-refractivity contribution in [3.8, 4) is 0 Å². The molecule has 3 heteroatoms. The maximum Gasteiger partial charge on any atom is 0.0697 e. The first-order chi connectivity index (χ1) is 7.70. The number of nitrogens with one attached hydrogen (secondary N) is 1. The van der Waals surface area contributed by atoms with Crippen LogP contribution in [0.5, 0.6) is 0 Å². The van der Waals surface area contributed by atoms with Crippen molar-refractivity contribution < 1.29 is 4.74 Å². The molecule has 94 valence electrons. The van der Waals surface area contributed by atoms with Crippen molar-refractivity contribution in [2.24, 2.45) is 0 Å². The van der Waals surface area contributed by atoms with Crippen LogP contribution in [-0.2, 0) is 4.74 Å². The van der Waals surface area contributed by atoms with E-state index in [9.17, 15) is 0 Å². The second-order valence-electron chi connectivity index (χ2n) is 5.69. The van der Waals surface area contributed by atoms with Crippen LogP contribution in [0.15, 0.2) is 0 Å². The van der Waals surface area contributed by atoms with E-state index in [4.69, 9.17) is 4.74 Å². The van der Waals surface area contributed by atoms with Crippen LogP contribution in [0.4, 0.5) is 0 Å². The van der Waals surface area contributed by atoms with Crippen molar-refractivity contribution in [1.82, 2.24) is 10.2 Å². The van der Waals surface area contributed by atoms with Crippen molar-refractivity contribution in [2.75, 3.05) is 33.8 Å². The third kappa shape index (κ3) is 3.19. The Morgan fingerprint density at radius 3 is 2.81 bits per heavy atom. The highest BCUT2D eigenvalue weighted by molar-refractivity contribution is 4.95. The second kappa shape index (κ2) is 5.48. The van der Waals surface area contributed by atoms with Crippen LogP contribution >= 0.6 is 0 Å². The molecule has 3 nitrogen and oxygen atoms in total. The minimum absolute atomic E-state index is 0.289. The summed E-state index contributed by atoms with van der Waals surface area (Å²) in [5.41, 5.74) is 0.289. The van der Waals surface area contributed by atoms with E-state index in [2.05, 4.69) is 24.3 Å². The Kier molecular flexibility index (Phi) is 4.22. The molecule has 1 saturated carbocycles. The van der Waals surface area contributed by atoms with E-state index in [0.717, 1.165) is 13.2 Å². The molecule has 0 aromatic carbocycles. The third-order valence-electron chi connectivity index (χ3n) is 3.97. The van der Waals surface area contributed by atoms with Gasteiger partial charge in [-0.15, -0.1) is 0 Å². The largest absolute Gasteiger partial charge is 0.375 e. The standard InChI is InChI=1S/C13H26N2O/c1-15(2)9-4-8-14-12-5-10-16-13(11-12)6-3-7-13/h12,14H,3-11H2,1-2H3. The first-order valence-corrected chi connectivity index (χ1v) is 6.72. The predicted octanol–water partition coefficient (Wildman–Crippen LogP) is 1.63. The molecule has 1 spiro atoms. The molecule has 1 atom stereocenters. The molecule has 0 bridgehead atoms. The van der Waals surface area contributed by atoms with Crippen LogP contribution in [0.1, 0.15) is 38.5 Å². The fraction of sp³-hybridized carbons (Fsp3) is 1.00. The lowest BCUT2D eigenvalue weighted by molar-refractivity contribution is -0.135. The maximum atomic E-state index is 5.93. The fourth-order valence-electron chi connectivity index (χ4n) is 2.82. The SMILES string of the molecule is CN(C)CCCNC1CCOC2(CCC2)C1. The normalized spacial score (nSPS) is 28.3. The molecular formula is C13H26N2O.